The first-order valence-electron chi connectivity index (χ1n) is 21.8. The lowest BCUT2D eigenvalue weighted by Crippen LogP contribution is -2.55. The third-order valence-electron chi connectivity index (χ3n) is 15.8. The van der Waals surface area contributed by atoms with Crippen molar-refractivity contribution in [2.24, 2.45) is 0 Å². The number of hydrogen-bond donors (Lipinski definition) is 0. The number of benzene rings is 7. The first kappa shape index (κ1) is 34.2. The van der Waals surface area contributed by atoms with Crippen LogP contribution < -0.4 is 9.80 Å². The Hall–Kier alpha value is -5.64. The van der Waals surface area contributed by atoms with Crippen LogP contribution in [0.1, 0.15) is 111 Å². The van der Waals surface area contributed by atoms with E-state index in [9.17, 15) is 0 Å². The molecule has 4 aliphatic heterocycles. The van der Waals surface area contributed by atoms with E-state index in [2.05, 4.69) is 190 Å². The van der Waals surface area contributed by atoms with Gasteiger partial charge in [-0.3, -0.25) is 0 Å². The zero-order valence-electron chi connectivity index (χ0n) is 34.6. The third kappa shape index (κ3) is 3.99. The molecule has 1 aliphatic carbocycles. The van der Waals surface area contributed by atoms with Crippen LogP contribution in [0.25, 0.3) is 31.3 Å². The van der Waals surface area contributed by atoms with Gasteiger partial charge in [-0.25, -0.2) is 0 Å². The summed E-state index contributed by atoms with van der Waals surface area (Å²) in [6.07, 6.45) is 4.94. The lowest BCUT2D eigenvalue weighted by molar-refractivity contribution is 0.194. The molecule has 5 aliphatic rings. The molecule has 0 radical (unpaired) electrons. The molecular formula is C56H48N2S. The Bertz CT molecular complexity index is 3060. The number of fused-ring (bicyclic) bond motifs is 13. The summed E-state index contributed by atoms with van der Waals surface area (Å²) in [5.74, 6) is 0. The van der Waals surface area contributed by atoms with E-state index in [0.717, 1.165) is 0 Å². The van der Waals surface area contributed by atoms with Crippen molar-refractivity contribution in [1.29, 1.82) is 0 Å². The summed E-state index contributed by atoms with van der Waals surface area (Å²) in [6.45, 7) is 12.5. The van der Waals surface area contributed by atoms with Crippen molar-refractivity contribution in [3.63, 3.8) is 0 Å². The van der Waals surface area contributed by atoms with Crippen molar-refractivity contribution < 1.29 is 0 Å². The molecule has 0 amide bonds. The van der Waals surface area contributed by atoms with Crippen molar-refractivity contribution in [2.75, 3.05) is 9.80 Å². The summed E-state index contributed by atoms with van der Waals surface area (Å²) in [7, 11) is 0. The lowest BCUT2D eigenvalue weighted by Gasteiger charge is -2.55. The Kier molecular flexibility index (Phi) is 6.58. The second kappa shape index (κ2) is 11.3. The standard InChI is InChI=1S/C56H48N2S/c1-53(2,3)36-31-40-50-43(32-36)54(4)29-16-17-30-55(54,5)58(50)45-33-39-37-23-12-15-28-46(37)59-52(39)47-38-24-18-26-42-49(38)57(51(40)48(45)47)44-27-14-13-25-41(44)56(42,34-19-8-6-9-20-34)35-21-10-7-11-22-35/h6-15,18-28,31-33,51H,16-17,29-30H2,1-5H3. The van der Waals surface area contributed by atoms with Gasteiger partial charge in [-0.15, -0.1) is 11.3 Å². The Labute approximate surface area is 351 Å². The van der Waals surface area contributed by atoms with Crippen LogP contribution in [0.3, 0.4) is 0 Å². The van der Waals surface area contributed by atoms with Gasteiger partial charge in [0.15, 0.2) is 0 Å². The maximum atomic E-state index is 2.91. The molecule has 0 spiro atoms. The van der Waals surface area contributed by atoms with Crippen LogP contribution in [0.2, 0.25) is 0 Å². The van der Waals surface area contributed by atoms with Crippen LogP contribution in [0.4, 0.5) is 22.7 Å². The van der Waals surface area contributed by atoms with E-state index in [1.807, 2.05) is 11.3 Å². The van der Waals surface area contributed by atoms with Gasteiger partial charge in [0, 0.05) is 59.2 Å². The Morgan fingerprint density at radius 3 is 2.05 bits per heavy atom. The molecule has 0 bridgehead atoms. The second-order valence-corrected chi connectivity index (χ2v) is 20.5. The number of anilines is 4. The monoisotopic (exact) mass is 780 g/mol. The molecule has 288 valence electrons. The summed E-state index contributed by atoms with van der Waals surface area (Å²) in [6, 6.07) is 56.4. The minimum atomic E-state index is -0.527. The van der Waals surface area contributed by atoms with Crippen LogP contribution in [0.15, 0.2) is 146 Å². The third-order valence-corrected chi connectivity index (χ3v) is 17.0. The summed E-state index contributed by atoms with van der Waals surface area (Å²) >= 11 is 1.99. The van der Waals surface area contributed by atoms with Gasteiger partial charge in [-0.05, 0) is 76.8 Å². The first-order chi connectivity index (χ1) is 28.7. The summed E-state index contributed by atoms with van der Waals surface area (Å²) in [5, 5.41) is 2.76. The molecule has 13 rings (SSSR count). The highest BCUT2D eigenvalue weighted by molar-refractivity contribution is 7.26. The van der Waals surface area contributed by atoms with Gasteiger partial charge in [0.2, 0.25) is 0 Å². The van der Waals surface area contributed by atoms with Gasteiger partial charge >= 0.3 is 0 Å². The Balaban J connectivity index is 1.26. The van der Waals surface area contributed by atoms with Crippen LogP contribution in [-0.4, -0.2) is 5.54 Å². The minimum absolute atomic E-state index is 0.00591. The van der Waals surface area contributed by atoms with Crippen molar-refractivity contribution in [3.8, 4) is 11.1 Å². The number of thiophene rings is 1. The predicted octanol–water partition coefficient (Wildman–Crippen LogP) is 15.0. The number of para-hydroxylation sites is 2. The molecule has 3 heteroatoms. The van der Waals surface area contributed by atoms with Gasteiger partial charge in [0.1, 0.15) is 0 Å². The summed E-state index contributed by atoms with van der Waals surface area (Å²) in [4.78, 5) is 5.73. The largest absolute Gasteiger partial charge is 0.334 e. The normalized spacial score (nSPS) is 22.8. The van der Waals surface area contributed by atoms with E-state index in [1.54, 1.807) is 5.56 Å². The highest BCUT2D eigenvalue weighted by Gasteiger charge is 2.62. The van der Waals surface area contributed by atoms with Crippen LogP contribution >= 0.6 is 11.3 Å². The van der Waals surface area contributed by atoms with Crippen molar-refractivity contribution >= 4 is 54.3 Å². The van der Waals surface area contributed by atoms with Gasteiger partial charge < -0.3 is 9.80 Å². The van der Waals surface area contributed by atoms with Crippen molar-refractivity contribution in [2.45, 2.75) is 88.1 Å². The predicted molar refractivity (Wildman–Crippen MR) is 249 cm³/mol. The zero-order valence-corrected chi connectivity index (χ0v) is 35.4. The van der Waals surface area contributed by atoms with Gasteiger partial charge in [-0.2, -0.15) is 0 Å². The van der Waals surface area contributed by atoms with E-state index >= 15 is 0 Å². The van der Waals surface area contributed by atoms with Gasteiger partial charge in [-0.1, -0.05) is 168 Å². The molecule has 2 nitrogen and oxygen atoms in total. The Morgan fingerprint density at radius 2 is 1.29 bits per heavy atom. The number of rotatable bonds is 2. The maximum absolute atomic E-state index is 2.91. The van der Waals surface area contributed by atoms with E-state index in [4.69, 9.17) is 0 Å². The second-order valence-electron chi connectivity index (χ2n) is 19.5. The minimum Gasteiger partial charge on any atom is -0.334 e. The SMILES string of the molecule is CC(C)(C)c1cc2c3c(c1)C1(C)CCCCC1(C)N3c1cc3c(sc4ccccc43)c3c1C2N1c2ccccc2C(c2ccccc2)(c2ccccc2)c2cccc-3c21. The quantitative estimate of drug-likeness (QED) is 0.172. The fraction of sp³-hybridized carbons (Fsp3) is 0.250. The van der Waals surface area contributed by atoms with Crippen molar-refractivity contribution in [1.82, 2.24) is 0 Å². The zero-order chi connectivity index (χ0) is 39.6. The average molecular weight is 781 g/mol. The molecule has 1 saturated carbocycles. The summed E-state index contributed by atoms with van der Waals surface area (Å²) < 4.78 is 2.78. The van der Waals surface area contributed by atoms with E-state index < -0.39 is 5.41 Å². The van der Waals surface area contributed by atoms with E-state index in [1.165, 1.54) is 119 Å². The first-order valence-corrected chi connectivity index (χ1v) is 22.6. The lowest BCUT2D eigenvalue weighted by atomic mass is 9.61. The molecule has 1 fully saturated rings. The van der Waals surface area contributed by atoms with Crippen LogP contribution in [0, 0.1) is 0 Å². The molecule has 0 N–H and O–H groups in total. The molecule has 1 aromatic heterocycles. The smallest absolute Gasteiger partial charge is 0.0892 e. The molecule has 3 unspecified atom stereocenters. The molecular weight excluding hydrogens is 733 g/mol. The van der Waals surface area contributed by atoms with E-state index in [0.29, 0.717) is 0 Å². The Morgan fingerprint density at radius 1 is 0.610 bits per heavy atom. The maximum Gasteiger partial charge on any atom is 0.0892 e. The molecule has 5 heterocycles. The highest BCUT2D eigenvalue weighted by Crippen LogP contribution is 2.72. The topological polar surface area (TPSA) is 6.48 Å². The number of hydrogen-bond acceptors (Lipinski definition) is 3. The fourth-order valence-electron chi connectivity index (χ4n) is 12.9. The molecule has 8 aromatic rings. The molecule has 7 aromatic carbocycles. The van der Waals surface area contributed by atoms with E-state index in [-0.39, 0.29) is 22.4 Å². The molecule has 0 saturated heterocycles. The fourth-order valence-corrected chi connectivity index (χ4v) is 14.2. The van der Waals surface area contributed by atoms with Crippen LogP contribution in [0.5, 0.6) is 0 Å². The molecule has 59 heavy (non-hydrogen) atoms. The average Bonchev–Trinajstić information content (AvgIpc) is 3.73. The van der Waals surface area contributed by atoms with Gasteiger partial charge in [0.05, 0.1) is 28.4 Å². The highest BCUT2D eigenvalue weighted by atomic mass is 32.1. The number of nitrogens with zero attached hydrogens (tertiary/aromatic N) is 2. The summed E-state index contributed by atoms with van der Waals surface area (Å²) in [5.41, 5.74) is 19.0. The van der Waals surface area contributed by atoms with Gasteiger partial charge in [0.25, 0.3) is 0 Å². The van der Waals surface area contributed by atoms with Crippen molar-refractivity contribution in [3.05, 3.63) is 190 Å². The molecule has 3 atom stereocenters. The van der Waals surface area contributed by atoms with Crippen LogP contribution in [-0.2, 0) is 16.2 Å².